The van der Waals surface area contributed by atoms with Crippen LogP contribution in [0.4, 0.5) is 10.1 Å². The molecule has 3 aromatic rings. The van der Waals surface area contributed by atoms with Crippen LogP contribution in [0.5, 0.6) is 0 Å². The van der Waals surface area contributed by atoms with Crippen LogP contribution in [0.1, 0.15) is 35.7 Å². The predicted octanol–water partition coefficient (Wildman–Crippen LogP) is 4.18. The summed E-state index contributed by atoms with van der Waals surface area (Å²) in [5.74, 6) is 0.148. The van der Waals surface area contributed by atoms with E-state index in [1.165, 1.54) is 10.6 Å². The minimum Gasteiger partial charge on any atom is -0.361 e. The fourth-order valence-corrected chi connectivity index (χ4v) is 7.28. The summed E-state index contributed by atoms with van der Waals surface area (Å²) in [5.41, 5.74) is 4.66. The molecule has 0 N–H and O–H groups in total. The van der Waals surface area contributed by atoms with E-state index in [4.69, 9.17) is 4.74 Å². The predicted molar refractivity (Wildman–Crippen MR) is 154 cm³/mol. The van der Waals surface area contributed by atoms with Gasteiger partial charge >= 0.3 is 0 Å². The number of rotatable bonds is 9. The molecule has 2 aliphatic rings. The van der Waals surface area contributed by atoms with Gasteiger partial charge < -0.3 is 14.2 Å². The highest BCUT2D eigenvalue weighted by Gasteiger charge is 2.34. The van der Waals surface area contributed by atoms with Crippen LogP contribution in [0.15, 0.2) is 30.9 Å². The Morgan fingerprint density at radius 1 is 1.13 bits per heavy atom. The first-order valence-electron chi connectivity index (χ1n) is 13.7. The van der Waals surface area contributed by atoms with Gasteiger partial charge in [-0.2, -0.15) is 0 Å². The third-order valence-electron chi connectivity index (χ3n) is 7.93. The van der Waals surface area contributed by atoms with Crippen molar-refractivity contribution < 1.29 is 17.5 Å². The normalized spacial score (nSPS) is 19.5. The lowest BCUT2D eigenvalue weighted by Gasteiger charge is -2.39. The van der Waals surface area contributed by atoms with Crippen LogP contribution in [0.25, 0.3) is 11.0 Å². The number of hydrogen-bond acceptors (Lipinski definition) is 7. The number of alkyl halides is 1. The smallest absolute Gasteiger partial charge is 0.211 e. The lowest BCUT2D eigenvalue weighted by molar-refractivity contribution is 0.0899. The van der Waals surface area contributed by atoms with Crippen LogP contribution in [-0.4, -0.2) is 79.0 Å². The summed E-state index contributed by atoms with van der Waals surface area (Å²) >= 11 is 0. The number of aromatic nitrogens is 4. The van der Waals surface area contributed by atoms with Crippen molar-refractivity contribution in [2.75, 3.05) is 37.5 Å². The monoisotopic (exact) mass is 574 g/mol. The zero-order valence-corrected chi connectivity index (χ0v) is 25.1. The number of sulfonamides is 1. The van der Waals surface area contributed by atoms with Crippen molar-refractivity contribution in [3.8, 4) is 0 Å². The number of ether oxygens (including phenoxy) is 1. The van der Waals surface area contributed by atoms with Crippen molar-refractivity contribution in [2.24, 2.45) is 0 Å². The van der Waals surface area contributed by atoms with Crippen molar-refractivity contribution in [3.63, 3.8) is 0 Å². The number of nitrogens with zero attached hydrogens (tertiary/aromatic N) is 6. The van der Waals surface area contributed by atoms with Crippen LogP contribution in [-0.2, 0) is 34.5 Å². The average Bonchev–Trinajstić information content (AvgIpc) is 3.32. The van der Waals surface area contributed by atoms with Crippen molar-refractivity contribution in [3.05, 3.63) is 47.8 Å². The molecule has 5 heterocycles. The molecule has 12 heteroatoms. The van der Waals surface area contributed by atoms with E-state index in [-0.39, 0.29) is 12.0 Å². The fourth-order valence-electron chi connectivity index (χ4n) is 5.65. The molecule has 1 fully saturated rings. The Balaban J connectivity index is 1.40. The molecule has 0 radical (unpaired) electrons. The average molecular weight is 575 g/mol. The highest BCUT2D eigenvalue weighted by molar-refractivity contribution is 7.88. The van der Waals surface area contributed by atoms with E-state index in [1.807, 2.05) is 22.9 Å². The highest BCUT2D eigenvalue weighted by Crippen LogP contribution is 2.37. The molecule has 5 rings (SSSR count). The number of anilines is 1. The summed E-state index contributed by atoms with van der Waals surface area (Å²) in [6, 6.07) is 4.76. The largest absolute Gasteiger partial charge is 0.361 e. The Morgan fingerprint density at radius 2 is 1.90 bits per heavy atom. The summed E-state index contributed by atoms with van der Waals surface area (Å²) in [4.78, 5) is 16.0. The molecule has 0 aliphatic carbocycles. The van der Waals surface area contributed by atoms with Gasteiger partial charge in [-0.3, -0.25) is 0 Å². The quantitative estimate of drug-likeness (QED) is 0.280. The minimum absolute atomic E-state index is 0.148. The van der Waals surface area contributed by atoms with E-state index in [0.29, 0.717) is 45.6 Å². The third kappa shape index (κ3) is 6.18. The summed E-state index contributed by atoms with van der Waals surface area (Å²) in [5, 5.41) is 0.966. The molecule has 0 amide bonds. The molecule has 2 aliphatic heterocycles. The van der Waals surface area contributed by atoms with Gasteiger partial charge in [0.2, 0.25) is 10.0 Å². The maximum Gasteiger partial charge on any atom is 0.211 e. The van der Waals surface area contributed by atoms with Crippen molar-refractivity contribution >= 4 is 34.8 Å². The number of halogens is 1. The number of hydrogen-bond donors (Lipinski definition) is 0. The molecule has 0 bridgehead atoms. The lowest BCUT2D eigenvalue weighted by Crippen LogP contribution is -2.43. The van der Waals surface area contributed by atoms with Gasteiger partial charge in [0.05, 0.1) is 23.7 Å². The first-order chi connectivity index (χ1) is 18.5. The van der Waals surface area contributed by atoms with Crippen molar-refractivity contribution in [1.82, 2.24) is 23.8 Å². The molecule has 1 unspecified atom stereocenters. The second-order valence-corrected chi connectivity index (χ2v) is 19.6. The molecule has 1 saturated heterocycles. The van der Waals surface area contributed by atoms with Gasteiger partial charge in [0.15, 0.2) is 0 Å². The summed E-state index contributed by atoms with van der Waals surface area (Å²) in [6.07, 6.45) is 8.53. The van der Waals surface area contributed by atoms with Crippen LogP contribution >= 0.6 is 0 Å². The lowest BCUT2D eigenvalue weighted by atomic mass is 9.87. The molecule has 39 heavy (non-hydrogen) atoms. The number of pyridine rings is 1. The minimum atomic E-state index is -3.20. The third-order valence-corrected chi connectivity index (χ3v) is 10.9. The van der Waals surface area contributed by atoms with Gasteiger partial charge in [0.1, 0.15) is 25.4 Å². The molecule has 0 saturated carbocycles. The first kappa shape index (κ1) is 28.1. The zero-order chi connectivity index (χ0) is 27.8. The first-order valence-corrected chi connectivity index (χ1v) is 19.2. The maximum absolute atomic E-state index is 14.4. The van der Waals surface area contributed by atoms with Gasteiger partial charge in [-0.05, 0) is 31.0 Å². The van der Waals surface area contributed by atoms with E-state index in [9.17, 15) is 12.8 Å². The molecule has 0 aromatic carbocycles. The van der Waals surface area contributed by atoms with Crippen LogP contribution in [0.2, 0.25) is 25.7 Å². The molecule has 212 valence electrons. The highest BCUT2D eigenvalue weighted by atomic mass is 32.2. The Hall–Kier alpha value is -2.41. The standard InChI is InChI=1S/C27H39FN6O3SSi/c1-38(35,36)33-11-6-20(7-12-33)26-23-17-34(21(16-28)15-24(23)30-18-31-26)25-5-9-29-27-22(25)8-10-32(27)19-37-13-14-39(2,3)4/h5,8-10,18,20-21H,6-7,11-17,19H2,1-4H3. The second kappa shape index (κ2) is 11.2. The topological polar surface area (TPSA) is 93.5 Å². The molecular weight excluding hydrogens is 535 g/mol. The molecule has 0 spiro atoms. The Bertz CT molecular complexity index is 1420. The van der Waals surface area contributed by atoms with Gasteiger partial charge in [-0.15, -0.1) is 0 Å². The summed E-state index contributed by atoms with van der Waals surface area (Å²) in [6.45, 7) is 9.15. The Kier molecular flexibility index (Phi) is 8.09. The summed E-state index contributed by atoms with van der Waals surface area (Å²) < 4.78 is 48.0. The van der Waals surface area contributed by atoms with Gasteiger partial charge in [-0.1, -0.05) is 19.6 Å². The molecule has 3 aromatic heterocycles. The van der Waals surface area contributed by atoms with Crippen molar-refractivity contribution in [1.29, 1.82) is 0 Å². The summed E-state index contributed by atoms with van der Waals surface area (Å²) in [7, 11) is -4.37. The van der Waals surface area contributed by atoms with Crippen LogP contribution < -0.4 is 4.90 Å². The molecular formula is C27H39FN6O3SSi. The Labute approximate surface area is 231 Å². The van der Waals surface area contributed by atoms with Crippen LogP contribution in [0, 0.1) is 0 Å². The molecule has 9 nitrogen and oxygen atoms in total. The van der Waals surface area contributed by atoms with E-state index in [0.717, 1.165) is 46.3 Å². The van der Waals surface area contributed by atoms with E-state index in [1.54, 1.807) is 12.5 Å². The van der Waals surface area contributed by atoms with Gasteiger partial charge in [0, 0.05) is 75.7 Å². The van der Waals surface area contributed by atoms with Gasteiger partial charge in [-0.25, -0.2) is 32.1 Å². The van der Waals surface area contributed by atoms with E-state index in [2.05, 4.69) is 39.5 Å². The SMILES string of the molecule is C[Si](C)(C)CCOCn1ccc2c(N3Cc4c(ncnc4C4CCN(S(C)(=O)=O)CC4)CC3CF)ccnc21. The zero-order valence-electron chi connectivity index (χ0n) is 23.3. The van der Waals surface area contributed by atoms with Crippen LogP contribution in [0.3, 0.4) is 0 Å². The van der Waals surface area contributed by atoms with Gasteiger partial charge in [0.25, 0.3) is 0 Å². The molecule has 1 atom stereocenters. The second-order valence-electron chi connectivity index (χ2n) is 12.0. The van der Waals surface area contributed by atoms with E-state index >= 15 is 0 Å². The Morgan fingerprint density at radius 3 is 2.59 bits per heavy atom. The fraction of sp³-hybridized carbons (Fsp3) is 0.593. The van der Waals surface area contributed by atoms with E-state index < -0.39 is 24.8 Å². The number of piperidine rings is 1. The maximum atomic E-state index is 14.4. The van der Waals surface area contributed by atoms with Crippen molar-refractivity contribution in [2.45, 2.75) is 70.2 Å². The number of fused-ring (bicyclic) bond motifs is 2.